The number of urea groups is 1. The molecule has 0 heterocycles. The van der Waals surface area contributed by atoms with Crippen molar-refractivity contribution in [1.82, 2.24) is 9.80 Å². The maximum atomic E-state index is 12.1. The fourth-order valence-electron chi connectivity index (χ4n) is 1.19. The lowest BCUT2D eigenvalue weighted by Gasteiger charge is -2.27. The smallest absolute Gasteiger partial charge is 0.406 e. The number of carboxylic acids is 1. The molecule has 0 aliphatic heterocycles. The van der Waals surface area contributed by atoms with E-state index in [9.17, 15) is 22.8 Å². The molecule has 2 amide bonds. The van der Waals surface area contributed by atoms with E-state index < -0.39 is 31.3 Å². The van der Waals surface area contributed by atoms with Gasteiger partial charge in [-0.25, -0.2) is 4.79 Å². The van der Waals surface area contributed by atoms with E-state index in [0.717, 1.165) is 11.9 Å². The van der Waals surface area contributed by atoms with Crippen LogP contribution in [0.2, 0.25) is 0 Å². The highest BCUT2D eigenvalue weighted by atomic mass is 19.4. The molecule has 0 saturated carbocycles. The monoisotopic (exact) mass is 272 g/mol. The lowest BCUT2D eigenvalue weighted by atomic mass is 10.4. The molecule has 0 fully saturated rings. The number of amides is 2. The molecule has 0 rings (SSSR count). The maximum absolute atomic E-state index is 12.1. The Morgan fingerprint density at radius 3 is 2.28 bits per heavy atom. The van der Waals surface area contributed by atoms with Crippen molar-refractivity contribution in [3.63, 3.8) is 0 Å². The highest BCUT2D eigenvalue weighted by Crippen LogP contribution is 2.16. The Morgan fingerprint density at radius 2 is 1.89 bits per heavy atom. The van der Waals surface area contributed by atoms with E-state index in [-0.39, 0.29) is 13.2 Å². The normalized spacial score (nSPS) is 11.2. The van der Waals surface area contributed by atoms with Gasteiger partial charge < -0.3 is 19.6 Å². The molecule has 0 aromatic rings. The first-order valence-electron chi connectivity index (χ1n) is 4.95. The van der Waals surface area contributed by atoms with Crippen molar-refractivity contribution in [2.75, 3.05) is 40.4 Å². The van der Waals surface area contributed by atoms with E-state index in [4.69, 9.17) is 5.11 Å². The second-order valence-electron chi connectivity index (χ2n) is 3.56. The molecule has 0 unspecified atom stereocenters. The lowest BCUT2D eigenvalue weighted by molar-refractivity contribution is -0.140. The van der Waals surface area contributed by atoms with E-state index in [1.807, 2.05) is 0 Å². The molecule has 106 valence electrons. The van der Waals surface area contributed by atoms with Crippen LogP contribution in [-0.2, 0) is 9.53 Å². The van der Waals surface area contributed by atoms with Gasteiger partial charge in [-0.3, -0.25) is 4.79 Å². The van der Waals surface area contributed by atoms with E-state index in [0.29, 0.717) is 4.90 Å². The molecule has 1 N–H and O–H groups in total. The average molecular weight is 272 g/mol. The first-order chi connectivity index (χ1) is 8.17. The van der Waals surface area contributed by atoms with Gasteiger partial charge in [0.2, 0.25) is 0 Å². The molecule has 18 heavy (non-hydrogen) atoms. The summed E-state index contributed by atoms with van der Waals surface area (Å²) in [6.07, 6.45) is -4.53. The SMILES string of the molecule is COCCN(CC(=O)O)C(=O)N(C)CC(F)(F)F. The number of ether oxygens (including phenoxy) is 1. The van der Waals surface area contributed by atoms with E-state index in [1.165, 1.54) is 7.11 Å². The fraction of sp³-hybridized carbons (Fsp3) is 0.778. The number of carbonyl (C=O) groups excluding carboxylic acids is 1. The molecule has 0 aromatic heterocycles. The molecule has 0 atom stereocenters. The number of carbonyl (C=O) groups is 2. The van der Waals surface area contributed by atoms with Gasteiger partial charge in [-0.2, -0.15) is 13.2 Å². The largest absolute Gasteiger partial charge is 0.480 e. The Kier molecular flexibility index (Phi) is 6.45. The highest BCUT2D eigenvalue weighted by Gasteiger charge is 2.33. The zero-order valence-corrected chi connectivity index (χ0v) is 10.0. The van der Waals surface area contributed by atoms with Crippen molar-refractivity contribution >= 4 is 12.0 Å². The summed E-state index contributed by atoms with van der Waals surface area (Å²) in [6, 6.07) is -1.01. The number of methoxy groups -OCH3 is 1. The molecule has 0 bridgehead atoms. The van der Waals surface area contributed by atoms with Gasteiger partial charge in [0, 0.05) is 20.7 Å². The zero-order valence-electron chi connectivity index (χ0n) is 10.0. The van der Waals surface area contributed by atoms with E-state index in [2.05, 4.69) is 4.74 Å². The number of carboxylic acid groups (broad SMARTS) is 1. The molecule has 0 aliphatic rings. The molecule has 6 nitrogen and oxygen atoms in total. The van der Waals surface area contributed by atoms with Gasteiger partial charge in [0.15, 0.2) is 0 Å². The predicted molar refractivity (Wildman–Crippen MR) is 55.2 cm³/mol. The minimum atomic E-state index is -4.53. The Morgan fingerprint density at radius 1 is 1.33 bits per heavy atom. The quantitative estimate of drug-likeness (QED) is 0.770. The zero-order chi connectivity index (χ0) is 14.3. The summed E-state index contributed by atoms with van der Waals surface area (Å²) < 4.78 is 40.9. The maximum Gasteiger partial charge on any atom is 0.406 e. The second-order valence-corrected chi connectivity index (χ2v) is 3.56. The number of alkyl halides is 3. The lowest BCUT2D eigenvalue weighted by Crippen LogP contribution is -2.47. The summed E-state index contributed by atoms with van der Waals surface area (Å²) in [6.45, 7) is -2.16. The first kappa shape index (κ1) is 16.5. The predicted octanol–water partition coefficient (Wildman–Crippen LogP) is 0.633. The van der Waals surface area contributed by atoms with Crippen LogP contribution in [-0.4, -0.2) is 73.5 Å². The third-order valence-electron chi connectivity index (χ3n) is 1.90. The van der Waals surface area contributed by atoms with Crippen molar-refractivity contribution in [1.29, 1.82) is 0 Å². The standard InChI is InChI=1S/C9H15F3N2O4/c1-13(6-9(10,11)12)8(17)14(3-4-18-2)5-7(15)16/h3-6H2,1-2H3,(H,15,16). The van der Waals surface area contributed by atoms with Crippen LogP contribution < -0.4 is 0 Å². The Labute approximate surface area is 102 Å². The minimum Gasteiger partial charge on any atom is -0.480 e. The molecular formula is C9H15F3N2O4. The molecule has 0 saturated heterocycles. The fourth-order valence-corrected chi connectivity index (χ4v) is 1.19. The summed E-state index contributed by atoms with van der Waals surface area (Å²) in [5.41, 5.74) is 0. The van der Waals surface area contributed by atoms with Gasteiger partial charge in [0.25, 0.3) is 0 Å². The summed E-state index contributed by atoms with van der Waals surface area (Å²) in [5, 5.41) is 8.57. The van der Waals surface area contributed by atoms with Gasteiger partial charge >= 0.3 is 18.2 Å². The number of halogens is 3. The van der Waals surface area contributed by atoms with Gasteiger partial charge in [-0.05, 0) is 0 Å². The van der Waals surface area contributed by atoms with Crippen molar-refractivity contribution in [3.8, 4) is 0 Å². The topological polar surface area (TPSA) is 70.1 Å². The molecule has 0 spiro atoms. The van der Waals surface area contributed by atoms with Crippen LogP contribution in [0, 0.1) is 0 Å². The Bertz CT molecular complexity index is 296. The van der Waals surface area contributed by atoms with Crippen LogP contribution in [0.4, 0.5) is 18.0 Å². The van der Waals surface area contributed by atoms with Gasteiger partial charge in [-0.15, -0.1) is 0 Å². The second kappa shape index (κ2) is 7.04. The van der Waals surface area contributed by atoms with Crippen molar-refractivity contribution < 1.29 is 32.6 Å². The molecular weight excluding hydrogens is 257 g/mol. The van der Waals surface area contributed by atoms with Crippen LogP contribution in [0.5, 0.6) is 0 Å². The highest BCUT2D eigenvalue weighted by molar-refractivity contribution is 5.80. The van der Waals surface area contributed by atoms with Gasteiger partial charge in [0.1, 0.15) is 13.1 Å². The minimum absolute atomic E-state index is 0.0406. The van der Waals surface area contributed by atoms with Crippen molar-refractivity contribution in [3.05, 3.63) is 0 Å². The van der Waals surface area contributed by atoms with Crippen LogP contribution in [0.25, 0.3) is 0 Å². The van der Waals surface area contributed by atoms with Gasteiger partial charge in [0.05, 0.1) is 6.61 Å². The van der Waals surface area contributed by atoms with Crippen LogP contribution in [0.3, 0.4) is 0 Å². The summed E-state index contributed by atoms with van der Waals surface area (Å²) >= 11 is 0. The number of nitrogens with zero attached hydrogens (tertiary/aromatic N) is 2. The number of hydrogen-bond donors (Lipinski definition) is 1. The molecule has 9 heteroatoms. The van der Waals surface area contributed by atoms with Crippen molar-refractivity contribution in [2.45, 2.75) is 6.18 Å². The summed E-state index contributed by atoms with van der Waals surface area (Å²) in [7, 11) is 2.29. The number of aliphatic carboxylic acids is 1. The van der Waals surface area contributed by atoms with Crippen molar-refractivity contribution in [2.24, 2.45) is 0 Å². The van der Waals surface area contributed by atoms with E-state index >= 15 is 0 Å². The van der Waals surface area contributed by atoms with Crippen LogP contribution in [0.15, 0.2) is 0 Å². The van der Waals surface area contributed by atoms with Gasteiger partial charge in [-0.1, -0.05) is 0 Å². The Balaban J connectivity index is 4.57. The first-order valence-corrected chi connectivity index (χ1v) is 4.95. The third kappa shape index (κ3) is 6.94. The Hall–Kier alpha value is -1.51. The number of hydrogen-bond acceptors (Lipinski definition) is 3. The summed E-state index contributed by atoms with van der Waals surface area (Å²) in [4.78, 5) is 23.3. The number of rotatable bonds is 6. The third-order valence-corrected chi connectivity index (χ3v) is 1.90. The van der Waals surface area contributed by atoms with Crippen LogP contribution in [0.1, 0.15) is 0 Å². The molecule has 0 radical (unpaired) electrons. The van der Waals surface area contributed by atoms with Crippen LogP contribution >= 0.6 is 0 Å². The summed E-state index contributed by atoms with van der Waals surface area (Å²) in [5.74, 6) is -1.31. The average Bonchev–Trinajstić information content (AvgIpc) is 2.20. The molecule has 0 aliphatic carbocycles. The van der Waals surface area contributed by atoms with E-state index in [1.54, 1.807) is 0 Å². The molecule has 0 aromatic carbocycles.